The lowest BCUT2D eigenvalue weighted by Crippen LogP contribution is -2.13. The molecule has 0 unspecified atom stereocenters. The van der Waals surface area contributed by atoms with E-state index in [4.69, 9.17) is 4.42 Å². The number of benzene rings is 2. The Balaban J connectivity index is 2.01. The van der Waals surface area contributed by atoms with Crippen LogP contribution in [0.1, 0.15) is 5.56 Å². The third-order valence-electron chi connectivity index (χ3n) is 2.94. The van der Waals surface area contributed by atoms with Gasteiger partial charge in [-0.25, -0.2) is 13.4 Å². The number of fused-ring (bicyclic) bond motifs is 1. The van der Waals surface area contributed by atoms with Gasteiger partial charge in [0.1, 0.15) is 5.52 Å². The van der Waals surface area contributed by atoms with Gasteiger partial charge in [-0.05, 0) is 31.2 Å². The summed E-state index contributed by atoms with van der Waals surface area (Å²) in [6.07, 6.45) is 1.29. The second-order valence-corrected chi connectivity index (χ2v) is 6.11. The van der Waals surface area contributed by atoms with Gasteiger partial charge in [-0.3, -0.25) is 4.72 Å². The lowest BCUT2D eigenvalue weighted by Gasteiger charge is -2.08. The van der Waals surface area contributed by atoms with Crippen LogP contribution in [-0.4, -0.2) is 13.4 Å². The van der Waals surface area contributed by atoms with Crippen LogP contribution in [0.2, 0.25) is 0 Å². The maximum atomic E-state index is 12.3. The molecule has 0 aliphatic carbocycles. The highest BCUT2D eigenvalue weighted by Gasteiger charge is 2.16. The van der Waals surface area contributed by atoms with Crippen molar-refractivity contribution in [2.24, 2.45) is 0 Å². The van der Waals surface area contributed by atoms with Gasteiger partial charge in [-0.2, -0.15) is 0 Å². The first-order chi connectivity index (χ1) is 9.56. The van der Waals surface area contributed by atoms with E-state index in [0.29, 0.717) is 16.8 Å². The predicted molar refractivity (Wildman–Crippen MR) is 76.0 cm³/mol. The molecule has 0 radical (unpaired) electrons. The van der Waals surface area contributed by atoms with Gasteiger partial charge in [0.25, 0.3) is 10.0 Å². The number of rotatable bonds is 3. The summed E-state index contributed by atoms with van der Waals surface area (Å²) in [7, 11) is -3.63. The summed E-state index contributed by atoms with van der Waals surface area (Å²) in [6, 6.07) is 11.7. The summed E-state index contributed by atoms with van der Waals surface area (Å²) in [5.74, 6) is 0. The number of hydrogen-bond acceptors (Lipinski definition) is 4. The molecule has 2 aromatic carbocycles. The highest BCUT2D eigenvalue weighted by atomic mass is 32.2. The maximum absolute atomic E-state index is 12.3. The lowest BCUT2D eigenvalue weighted by molar-refractivity contribution is 0.601. The Kier molecular flexibility index (Phi) is 2.94. The molecule has 3 rings (SSSR count). The molecular weight excluding hydrogens is 276 g/mol. The van der Waals surface area contributed by atoms with E-state index in [2.05, 4.69) is 9.71 Å². The summed E-state index contributed by atoms with van der Waals surface area (Å²) >= 11 is 0. The van der Waals surface area contributed by atoms with E-state index < -0.39 is 10.0 Å². The smallest absolute Gasteiger partial charge is 0.261 e. The number of aryl methyl sites for hydroxylation is 1. The zero-order valence-corrected chi connectivity index (χ0v) is 11.5. The van der Waals surface area contributed by atoms with Gasteiger partial charge in [0, 0.05) is 0 Å². The Hall–Kier alpha value is -2.34. The molecule has 0 aliphatic heterocycles. The molecule has 0 atom stereocenters. The first-order valence-corrected chi connectivity index (χ1v) is 7.46. The van der Waals surface area contributed by atoms with Gasteiger partial charge in [0.05, 0.1) is 10.6 Å². The molecular formula is C14H12N2O3S. The van der Waals surface area contributed by atoms with Crippen LogP contribution in [0.15, 0.2) is 58.2 Å². The fourth-order valence-electron chi connectivity index (χ4n) is 1.89. The Morgan fingerprint density at radius 3 is 2.60 bits per heavy atom. The molecule has 1 aromatic heterocycles. The monoisotopic (exact) mass is 288 g/mol. The van der Waals surface area contributed by atoms with Gasteiger partial charge in [-0.1, -0.05) is 23.8 Å². The Morgan fingerprint density at radius 1 is 1.10 bits per heavy atom. The molecule has 1 heterocycles. The Morgan fingerprint density at radius 2 is 1.85 bits per heavy atom. The number of nitrogens with one attached hydrogen (secondary N) is 1. The Bertz CT molecular complexity index is 852. The highest BCUT2D eigenvalue weighted by molar-refractivity contribution is 7.92. The van der Waals surface area contributed by atoms with E-state index in [1.165, 1.54) is 6.39 Å². The first-order valence-electron chi connectivity index (χ1n) is 5.98. The van der Waals surface area contributed by atoms with Crippen molar-refractivity contribution in [2.75, 3.05) is 4.72 Å². The van der Waals surface area contributed by atoms with Crippen LogP contribution >= 0.6 is 0 Å². The fourth-order valence-corrected chi connectivity index (χ4v) is 2.96. The number of aromatic nitrogens is 1. The number of sulfonamides is 1. The summed E-state index contributed by atoms with van der Waals surface area (Å²) < 4.78 is 32.3. The predicted octanol–water partition coefficient (Wildman–Crippen LogP) is 2.94. The third-order valence-corrected chi connectivity index (χ3v) is 4.32. The van der Waals surface area contributed by atoms with E-state index in [-0.39, 0.29) is 4.90 Å². The quantitative estimate of drug-likeness (QED) is 0.804. The summed E-state index contributed by atoms with van der Waals surface area (Å²) in [5.41, 5.74) is 2.43. The molecule has 3 aromatic rings. The van der Waals surface area contributed by atoms with Crippen LogP contribution in [0.25, 0.3) is 11.1 Å². The van der Waals surface area contributed by atoms with Crippen molar-refractivity contribution < 1.29 is 12.8 Å². The van der Waals surface area contributed by atoms with Crippen LogP contribution in [0.4, 0.5) is 5.69 Å². The number of oxazole rings is 1. The van der Waals surface area contributed by atoms with E-state index in [1.807, 2.05) is 6.92 Å². The number of hydrogen-bond donors (Lipinski definition) is 1. The maximum Gasteiger partial charge on any atom is 0.261 e. The van der Waals surface area contributed by atoms with Crippen molar-refractivity contribution in [3.63, 3.8) is 0 Å². The van der Waals surface area contributed by atoms with Crippen LogP contribution in [-0.2, 0) is 10.0 Å². The van der Waals surface area contributed by atoms with E-state index in [9.17, 15) is 8.42 Å². The molecule has 0 fully saturated rings. The average molecular weight is 288 g/mol. The number of nitrogens with zero attached hydrogens (tertiary/aromatic N) is 1. The van der Waals surface area contributed by atoms with Crippen molar-refractivity contribution in [1.29, 1.82) is 0 Å². The number of para-hydroxylation sites is 1. The SMILES string of the molecule is Cc1ccc(S(=O)(=O)Nc2cccc3ocnc23)cc1. The molecule has 20 heavy (non-hydrogen) atoms. The zero-order chi connectivity index (χ0) is 14.2. The average Bonchev–Trinajstić information content (AvgIpc) is 2.88. The summed E-state index contributed by atoms with van der Waals surface area (Å²) in [5, 5.41) is 0. The van der Waals surface area contributed by atoms with Gasteiger partial charge in [-0.15, -0.1) is 0 Å². The minimum Gasteiger partial charge on any atom is -0.443 e. The van der Waals surface area contributed by atoms with E-state index >= 15 is 0 Å². The van der Waals surface area contributed by atoms with Crippen LogP contribution in [0, 0.1) is 6.92 Å². The van der Waals surface area contributed by atoms with Crippen LogP contribution in [0.3, 0.4) is 0 Å². The molecule has 6 heteroatoms. The minimum atomic E-state index is -3.63. The normalized spacial score (nSPS) is 11.7. The van der Waals surface area contributed by atoms with Crippen LogP contribution < -0.4 is 4.72 Å². The van der Waals surface area contributed by atoms with E-state index in [1.54, 1.807) is 42.5 Å². The molecule has 0 aliphatic rings. The molecule has 102 valence electrons. The second kappa shape index (κ2) is 4.64. The van der Waals surface area contributed by atoms with Gasteiger partial charge < -0.3 is 4.42 Å². The summed E-state index contributed by atoms with van der Waals surface area (Å²) in [6.45, 7) is 1.90. The summed E-state index contributed by atoms with van der Waals surface area (Å²) in [4.78, 5) is 4.23. The van der Waals surface area contributed by atoms with Crippen molar-refractivity contribution in [3.05, 3.63) is 54.4 Å². The standard InChI is InChI=1S/C14H12N2O3S/c1-10-5-7-11(8-6-10)20(17,18)16-12-3-2-4-13-14(12)15-9-19-13/h2-9,16H,1H3. The van der Waals surface area contributed by atoms with Crippen molar-refractivity contribution in [1.82, 2.24) is 4.98 Å². The second-order valence-electron chi connectivity index (χ2n) is 4.42. The first kappa shape index (κ1) is 12.7. The molecule has 0 spiro atoms. The number of anilines is 1. The third kappa shape index (κ3) is 2.25. The zero-order valence-electron chi connectivity index (χ0n) is 10.7. The minimum absolute atomic E-state index is 0.212. The topological polar surface area (TPSA) is 72.2 Å². The molecule has 0 saturated carbocycles. The highest BCUT2D eigenvalue weighted by Crippen LogP contribution is 2.24. The molecule has 5 nitrogen and oxygen atoms in total. The molecule has 0 saturated heterocycles. The van der Waals surface area contributed by atoms with E-state index in [0.717, 1.165) is 5.56 Å². The molecule has 1 N–H and O–H groups in total. The van der Waals surface area contributed by atoms with Crippen LogP contribution in [0.5, 0.6) is 0 Å². The van der Waals surface area contributed by atoms with Crippen molar-refractivity contribution >= 4 is 26.8 Å². The Labute approximate surface area is 116 Å². The fraction of sp³-hybridized carbons (Fsp3) is 0.0714. The van der Waals surface area contributed by atoms with Crippen molar-refractivity contribution in [3.8, 4) is 0 Å². The van der Waals surface area contributed by atoms with Crippen molar-refractivity contribution in [2.45, 2.75) is 11.8 Å². The molecule has 0 bridgehead atoms. The van der Waals surface area contributed by atoms with Gasteiger partial charge >= 0.3 is 0 Å². The van der Waals surface area contributed by atoms with Gasteiger partial charge in [0.2, 0.25) is 0 Å². The van der Waals surface area contributed by atoms with Gasteiger partial charge in [0.15, 0.2) is 12.0 Å². The lowest BCUT2D eigenvalue weighted by atomic mass is 10.2. The molecule has 0 amide bonds. The largest absolute Gasteiger partial charge is 0.443 e.